The van der Waals surface area contributed by atoms with E-state index in [1.54, 1.807) is 0 Å². The van der Waals surface area contributed by atoms with Crippen molar-refractivity contribution in [1.82, 2.24) is 5.32 Å². The first-order valence-electron chi connectivity index (χ1n) is 7.81. The largest absolute Gasteiger partial charge is 0.493 e. The second kappa shape index (κ2) is 5.57. The number of Topliss-reactive ketones (excluding diaryl/α,β-unsaturated/α-hetero) is 1. The normalized spacial score (nSPS) is 25.1. The minimum absolute atomic E-state index is 0.232. The minimum atomic E-state index is -0.356. The molecule has 1 aromatic rings. The third-order valence-electron chi connectivity index (χ3n) is 4.53. The Labute approximate surface area is 120 Å². The summed E-state index contributed by atoms with van der Waals surface area (Å²) in [7, 11) is 0. The van der Waals surface area contributed by atoms with E-state index < -0.39 is 0 Å². The van der Waals surface area contributed by atoms with Crippen molar-refractivity contribution in [2.75, 3.05) is 13.2 Å². The van der Waals surface area contributed by atoms with Crippen LogP contribution in [0.4, 0.5) is 0 Å². The van der Waals surface area contributed by atoms with Crippen molar-refractivity contribution in [2.45, 2.75) is 51.0 Å². The van der Waals surface area contributed by atoms with Crippen LogP contribution in [0.3, 0.4) is 0 Å². The quantitative estimate of drug-likeness (QED) is 0.857. The molecule has 1 atom stereocenters. The molecule has 1 unspecified atom stereocenters. The van der Waals surface area contributed by atoms with Crippen molar-refractivity contribution in [3.05, 3.63) is 29.3 Å². The number of ether oxygens (including phenoxy) is 1. The molecule has 2 aliphatic heterocycles. The number of ketones is 1. The molecule has 0 aromatic heterocycles. The summed E-state index contributed by atoms with van der Waals surface area (Å²) in [6, 6.07) is 6.01. The smallest absolute Gasteiger partial charge is 0.186 e. The second-order valence-electron chi connectivity index (χ2n) is 5.94. The highest BCUT2D eigenvalue weighted by Gasteiger charge is 2.41. The topological polar surface area (TPSA) is 38.3 Å². The average molecular weight is 273 g/mol. The van der Waals surface area contributed by atoms with Gasteiger partial charge in [-0.3, -0.25) is 4.79 Å². The van der Waals surface area contributed by atoms with Crippen LogP contribution in [0.2, 0.25) is 0 Å². The van der Waals surface area contributed by atoms with Crippen LogP contribution < -0.4 is 10.1 Å². The molecule has 108 valence electrons. The molecule has 0 amide bonds. The van der Waals surface area contributed by atoms with Crippen LogP contribution in [-0.4, -0.2) is 24.5 Å². The Bertz CT molecular complexity index is 504. The summed E-state index contributed by atoms with van der Waals surface area (Å²) in [6.45, 7) is 3.82. The fraction of sp³-hybridized carbons (Fsp3) is 0.588. The lowest BCUT2D eigenvalue weighted by Crippen LogP contribution is -2.47. The van der Waals surface area contributed by atoms with E-state index in [4.69, 9.17) is 4.74 Å². The number of nitrogens with one attached hydrogen (secondary N) is 1. The number of hydrogen-bond donors (Lipinski definition) is 1. The second-order valence-corrected chi connectivity index (χ2v) is 5.94. The first-order chi connectivity index (χ1) is 9.77. The Balaban J connectivity index is 1.97. The van der Waals surface area contributed by atoms with Crippen LogP contribution >= 0.6 is 0 Å². The molecule has 1 aromatic carbocycles. The predicted molar refractivity (Wildman–Crippen MR) is 79.5 cm³/mol. The monoisotopic (exact) mass is 273 g/mol. The molecule has 2 heterocycles. The summed E-state index contributed by atoms with van der Waals surface area (Å²) in [5, 5.41) is 3.47. The van der Waals surface area contributed by atoms with Gasteiger partial charge in [0.15, 0.2) is 5.78 Å². The van der Waals surface area contributed by atoms with Crippen molar-refractivity contribution in [1.29, 1.82) is 0 Å². The van der Waals surface area contributed by atoms with Gasteiger partial charge in [-0.1, -0.05) is 25.5 Å². The standard InChI is InChI=1S/C17H23NO2/c1-2-9-17(10-5-11-18-17)16(19)14-8-3-6-13-7-4-12-20-15(13)14/h3,6,8,18H,2,4-5,7,9-12H2,1H3. The number of carbonyl (C=O) groups is 1. The lowest BCUT2D eigenvalue weighted by atomic mass is 9.83. The van der Waals surface area contributed by atoms with E-state index >= 15 is 0 Å². The van der Waals surface area contributed by atoms with Crippen molar-refractivity contribution in [3.8, 4) is 5.75 Å². The lowest BCUT2D eigenvalue weighted by molar-refractivity contribution is 0.0852. The number of carbonyl (C=O) groups excluding carboxylic acids is 1. The zero-order chi connectivity index (χ0) is 14.0. The van der Waals surface area contributed by atoms with Gasteiger partial charge in [0.2, 0.25) is 0 Å². The van der Waals surface area contributed by atoms with Crippen molar-refractivity contribution in [3.63, 3.8) is 0 Å². The summed E-state index contributed by atoms with van der Waals surface area (Å²) in [5.74, 6) is 1.07. The molecule has 1 N–H and O–H groups in total. The van der Waals surface area contributed by atoms with E-state index in [1.807, 2.05) is 12.1 Å². The zero-order valence-electron chi connectivity index (χ0n) is 12.2. The Morgan fingerprint density at radius 3 is 3.05 bits per heavy atom. The number of benzene rings is 1. The van der Waals surface area contributed by atoms with Gasteiger partial charge in [0.1, 0.15) is 5.75 Å². The molecule has 20 heavy (non-hydrogen) atoms. The maximum absolute atomic E-state index is 13.1. The van der Waals surface area contributed by atoms with E-state index in [-0.39, 0.29) is 11.3 Å². The number of para-hydroxylation sites is 1. The van der Waals surface area contributed by atoms with Gasteiger partial charge in [0, 0.05) is 0 Å². The molecule has 3 nitrogen and oxygen atoms in total. The maximum Gasteiger partial charge on any atom is 0.186 e. The molecule has 0 spiro atoms. The van der Waals surface area contributed by atoms with Crippen molar-refractivity contribution >= 4 is 5.78 Å². The van der Waals surface area contributed by atoms with Crippen LogP contribution in [0.15, 0.2) is 18.2 Å². The van der Waals surface area contributed by atoms with Gasteiger partial charge in [-0.2, -0.15) is 0 Å². The van der Waals surface area contributed by atoms with E-state index in [9.17, 15) is 4.79 Å². The Hall–Kier alpha value is -1.35. The molecule has 3 heteroatoms. The van der Waals surface area contributed by atoms with E-state index in [1.165, 1.54) is 5.56 Å². The lowest BCUT2D eigenvalue weighted by Gasteiger charge is -2.29. The van der Waals surface area contributed by atoms with Crippen LogP contribution in [0.5, 0.6) is 5.75 Å². The van der Waals surface area contributed by atoms with Gasteiger partial charge in [-0.05, 0) is 50.3 Å². The summed E-state index contributed by atoms with van der Waals surface area (Å²) >= 11 is 0. The first-order valence-corrected chi connectivity index (χ1v) is 7.81. The third kappa shape index (κ3) is 2.24. The molecule has 1 fully saturated rings. The number of fused-ring (bicyclic) bond motifs is 1. The van der Waals surface area contributed by atoms with Gasteiger partial charge in [-0.15, -0.1) is 0 Å². The number of rotatable bonds is 4. The van der Waals surface area contributed by atoms with Gasteiger partial charge < -0.3 is 10.1 Å². The van der Waals surface area contributed by atoms with Crippen molar-refractivity contribution < 1.29 is 9.53 Å². The molecule has 0 radical (unpaired) electrons. The summed E-state index contributed by atoms with van der Waals surface area (Å²) in [4.78, 5) is 13.1. The number of hydrogen-bond acceptors (Lipinski definition) is 3. The Morgan fingerprint density at radius 2 is 2.30 bits per heavy atom. The fourth-order valence-electron chi connectivity index (χ4n) is 3.58. The Kier molecular flexibility index (Phi) is 3.79. The Morgan fingerprint density at radius 1 is 1.40 bits per heavy atom. The van der Waals surface area contributed by atoms with Gasteiger partial charge >= 0.3 is 0 Å². The molecule has 3 rings (SSSR count). The van der Waals surface area contributed by atoms with Crippen LogP contribution in [0.1, 0.15) is 54.9 Å². The average Bonchev–Trinajstić information content (AvgIpc) is 2.96. The van der Waals surface area contributed by atoms with Crippen LogP contribution in [-0.2, 0) is 6.42 Å². The molecule has 2 aliphatic rings. The molecule has 1 saturated heterocycles. The first kappa shape index (κ1) is 13.6. The minimum Gasteiger partial charge on any atom is -0.493 e. The van der Waals surface area contributed by atoms with E-state index in [2.05, 4.69) is 18.3 Å². The summed E-state index contributed by atoms with van der Waals surface area (Å²) < 4.78 is 5.81. The van der Waals surface area contributed by atoms with Gasteiger partial charge in [0.25, 0.3) is 0 Å². The van der Waals surface area contributed by atoms with Gasteiger partial charge in [0.05, 0.1) is 17.7 Å². The van der Waals surface area contributed by atoms with E-state index in [0.717, 1.165) is 63.0 Å². The van der Waals surface area contributed by atoms with Crippen molar-refractivity contribution in [2.24, 2.45) is 0 Å². The third-order valence-corrected chi connectivity index (χ3v) is 4.53. The molecule has 0 bridgehead atoms. The SMILES string of the molecule is CCCC1(C(=O)c2cccc3c2OCCC3)CCCN1. The van der Waals surface area contributed by atoms with Crippen LogP contribution in [0.25, 0.3) is 0 Å². The maximum atomic E-state index is 13.1. The predicted octanol–water partition coefficient (Wildman–Crippen LogP) is 3.12. The fourth-order valence-corrected chi connectivity index (χ4v) is 3.58. The zero-order valence-corrected chi connectivity index (χ0v) is 12.2. The molecular weight excluding hydrogens is 250 g/mol. The summed E-state index contributed by atoms with van der Waals surface area (Å²) in [5.41, 5.74) is 1.61. The molecule has 0 aliphatic carbocycles. The van der Waals surface area contributed by atoms with E-state index in [0.29, 0.717) is 0 Å². The molecule has 0 saturated carbocycles. The highest BCUT2D eigenvalue weighted by Crippen LogP contribution is 2.35. The van der Waals surface area contributed by atoms with Gasteiger partial charge in [-0.25, -0.2) is 0 Å². The highest BCUT2D eigenvalue weighted by atomic mass is 16.5. The molecular formula is C17H23NO2. The highest BCUT2D eigenvalue weighted by molar-refractivity contribution is 6.05. The summed E-state index contributed by atoms with van der Waals surface area (Å²) in [6.07, 6.45) is 6.03. The number of aryl methyl sites for hydroxylation is 1. The van der Waals surface area contributed by atoms with Crippen LogP contribution in [0, 0.1) is 0 Å².